The smallest absolute Gasteiger partial charge is 0.275 e. The molecule has 2 aromatic rings. The molecule has 0 heterocycles. The zero-order valence-corrected chi connectivity index (χ0v) is 15.4. The molecule has 144 valence electrons. The summed E-state index contributed by atoms with van der Waals surface area (Å²) >= 11 is 0. The number of benzene rings is 2. The molecule has 0 aliphatic carbocycles. The third kappa shape index (κ3) is 5.18. The van der Waals surface area contributed by atoms with E-state index in [1.165, 1.54) is 48.5 Å². The molecule has 9 heteroatoms. The van der Waals surface area contributed by atoms with Gasteiger partial charge in [0.2, 0.25) is 0 Å². The summed E-state index contributed by atoms with van der Waals surface area (Å²) in [5.41, 5.74) is 1.19. The van der Waals surface area contributed by atoms with E-state index in [2.05, 4.69) is 5.10 Å². The lowest BCUT2D eigenvalue weighted by Crippen LogP contribution is -2.16. The van der Waals surface area contributed by atoms with Gasteiger partial charge in [0, 0.05) is 5.56 Å². The van der Waals surface area contributed by atoms with Gasteiger partial charge in [-0.3, -0.25) is 0 Å². The van der Waals surface area contributed by atoms with E-state index in [0.717, 1.165) is 0 Å². The highest BCUT2D eigenvalue weighted by Crippen LogP contribution is 2.30. The van der Waals surface area contributed by atoms with Crippen LogP contribution in [-0.2, 0) is 11.0 Å². The van der Waals surface area contributed by atoms with Crippen LogP contribution in [0.5, 0.6) is 5.75 Å². The lowest BCUT2D eigenvalue weighted by atomic mass is 10.1. The number of hydrogen-bond acceptors (Lipinski definition) is 4. The second-order valence-electron chi connectivity index (χ2n) is 5.23. The van der Waals surface area contributed by atoms with E-state index in [-0.39, 0.29) is 5.75 Å². The Bertz CT molecular complexity index is 871. The monoisotopic (exact) mass is 397 g/mol. The van der Waals surface area contributed by atoms with Gasteiger partial charge in [-0.1, -0.05) is 6.08 Å². The Hall–Kier alpha value is -2.65. The van der Waals surface area contributed by atoms with Crippen molar-refractivity contribution in [2.24, 2.45) is 10.2 Å². The molecular formula is C18H18F3N3O2S. The quantitative estimate of drug-likeness (QED) is 0.569. The van der Waals surface area contributed by atoms with Gasteiger partial charge in [-0.05, 0) is 49.4 Å². The molecule has 2 rings (SSSR count). The molecule has 0 spiro atoms. The van der Waals surface area contributed by atoms with Gasteiger partial charge in [-0.15, -0.1) is 0 Å². The number of hydrazone groups is 1. The van der Waals surface area contributed by atoms with Gasteiger partial charge in [0.15, 0.2) is 11.6 Å². The number of alkyl halides is 2. The summed E-state index contributed by atoms with van der Waals surface area (Å²) in [4.78, 5) is 0.369. The fraction of sp³-hybridized carbons (Fsp3) is 0.167. The highest BCUT2D eigenvalue weighted by Gasteiger charge is 2.16. The molecule has 0 radical (unpaired) electrons. The molecule has 0 aliphatic rings. The average molecular weight is 397 g/mol. The topological polar surface area (TPSA) is 67.9 Å². The number of halogens is 3. The largest absolute Gasteiger partial charge is 0.494 e. The SMILES string of the molecule is C/C=C(/c1ccc(OC)c(F)c1)N(/N=C/C(F)F)c1ccc(S(N)=O)cc1. The fourth-order valence-corrected chi connectivity index (χ4v) is 2.75. The van der Waals surface area contributed by atoms with Gasteiger partial charge in [0.25, 0.3) is 6.43 Å². The van der Waals surface area contributed by atoms with Crippen molar-refractivity contribution in [1.82, 2.24) is 0 Å². The molecule has 0 fully saturated rings. The molecule has 0 aliphatic heterocycles. The zero-order chi connectivity index (χ0) is 20.0. The highest BCUT2D eigenvalue weighted by molar-refractivity contribution is 7.82. The minimum Gasteiger partial charge on any atom is -0.494 e. The Morgan fingerprint density at radius 3 is 2.41 bits per heavy atom. The van der Waals surface area contributed by atoms with Gasteiger partial charge in [-0.25, -0.2) is 27.5 Å². The summed E-state index contributed by atoms with van der Waals surface area (Å²) in [5, 5.41) is 10.4. The Morgan fingerprint density at radius 2 is 1.93 bits per heavy atom. The minimum atomic E-state index is -2.77. The van der Waals surface area contributed by atoms with E-state index in [9.17, 15) is 17.4 Å². The van der Waals surface area contributed by atoms with Crippen molar-refractivity contribution >= 4 is 28.6 Å². The van der Waals surface area contributed by atoms with Crippen LogP contribution in [0.4, 0.5) is 18.9 Å². The van der Waals surface area contributed by atoms with Gasteiger partial charge in [-0.2, -0.15) is 5.10 Å². The van der Waals surface area contributed by atoms with Crippen molar-refractivity contribution in [3.8, 4) is 5.75 Å². The fourth-order valence-electron chi connectivity index (χ4n) is 2.34. The molecule has 1 atom stereocenters. The molecule has 0 aromatic heterocycles. The maximum Gasteiger partial charge on any atom is 0.275 e. The summed E-state index contributed by atoms with van der Waals surface area (Å²) in [5.74, 6) is -0.535. The predicted molar refractivity (Wildman–Crippen MR) is 101 cm³/mol. The molecule has 0 saturated heterocycles. The van der Waals surface area contributed by atoms with Crippen molar-refractivity contribution in [3.05, 3.63) is 59.9 Å². The summed E-state index contributed by atoms with van der Waals surface area (Å²) < 4.78 is 55.7. The van der Waals surface area contributed by atoms with Gasteiger partial charge < -0.3 is 4.74 Å². The number of methoxy groups -OCH3 is 1. The van der Waals surface area contributed by atoms with Crippen molar-refractivity contribution < 1.29 is 22.1 Å². The highest BCUT2D eigenvalue weighted by atomic mass is 32.2. The molecule has 5 nitrogen and oxygen atoms in total. The second-order valence-corrected chi connectivity index (χ2v) is 6.29. The number of rotatable bonds is 7. The summed E-state index contributed by atoms with van der Waals surface area (Å²) in [6.07, 6.45) is -0.689. The molecule has 0 amide bonds. The number of anilines is 1. The van der Waals surface area contributed by atoms with Crippen LogP contribution in [-0.4, -0.2) is 24.0 Å². The number of hydrogen-bond donors (Lipinski definition) is 1. The lowest BCUT2D eigenvalue weighted by molar-refractivity contribution is 0.231. The lowest BCUT2D eigenvalue weighted by Gasteiger charge is -2.23. The normalized spacial score (nSPS) is 13.2. The molecule has 0 saturated carbocycles. The zero-order valence-electron chi connectivity index (χ0n) is 14.6. The first-order valence-electron chi connectivity index (χ1n) is 7.76. The van der Waals surface area contributed by atoms with E-state index in [0.29, 0.717) is 28.1 Å². The number of ether oxygens (including phenoxy) is 1. The molecule has 2 aromatic carbocycles. The van der Waals surface area contributed by atoms with Crippen LogP contribution in [0.3, 0.4) is 0 Å². The van der Waals surface area contributed by atoms with E-state index < -0.39 is 23.2 Å². The van der Waals surface area contributed by atoms with Crippen LogP contribution in [0.25, 0.3) is 5.70 Å². The maximum atomic E-state index is 14.1. The van der Waals surface area contributed by atoms with Crippen LogP contribution in [0.1, 0.15) is 12.5 Å². The minimum absolute atomic E-state index is 0.0617. The van der Waals surface area contributed by atoms with Gasteiger partial charge in [0.05, 0.1) is 29.6 Å². The van der Waals surface area contributed by atoms with E-state index >= 15 is 0 Å². The van der Waals surface area contributed by atoms with E-state index in [4.69, 9.17) is 9.88 Å². The Labute approximate surface area is 157 Å². The molecular weight excluding hydrogens is 379 g/mol. The van der Waals surface area contributed by atoms with Crippen LogP contribution >= 0.6 is 0 Å². The summed E-state index contributed by atoms with van der Waals surface area (Å²) in [7, 11) is -0.328. The van der Waals surface area contributed by atoms with Crippen molar-refractivity contribution in [3.63, 3.8) is 0 Å². The van der Waals surface area contributed by atoms with Gasteiger partial charge >= 0.3 is 0 Å². The van der Waals surface area contributed by atoms with E-state index in [1.54, 1.807) is 19.1 Å². The van der Waals surface area contributed by atoms with Crippen LogP contribution in [0, 0.1) is 5.82 Å². The van der Waals surface area contributed by atoms with E-state index in [1.807, 2.05) is 0 Å². The standard InChI is InChI=1S/C18H18F3N3O2S/c1-3-16(12-4-9-17(26-2)15(19)10-12)24(23-11-18(20)21)13-5-7-14(8-6-13)27(22)25/h3-11,18H,22H2,1-2H3/b16-3-,23-11+. The first-order valence-corrected chi connectivity index (χ1v) is 8.97. The van der Waals surface area contributed by atoms with Crippen molar-refractivity contribution in [1.29, 1.82) is 0 Å². The molecule has 1 unspecified atom stereocenters. The first kappa shape index (κ1) is 20.7. The number of nitrogens with zero attached hydrogens (tertiary/aromatic N) is 2. The Kier molecular flexibility index (Phi) is 7.14. The Morgan fingerprint density at radius 1 is 1.26 bits per heavy atom. The molecule has 2 N–H and O–H groups in total. The van der Waals surface area contributed by atoms with Crippen LogP contribution < -0.4 is 14.9 Å². The number of allylic oxidation sites excluding steroid dienone is 1. The summed E-state index contributed by atoms with van der Waals surface area (Å²) in [6, 6.07) is 10.3. The summed E-state index contributed by atoms with van der Waals surface area (Å²) in [6.45, 7) is 1.67. The van der Waals surface area contributed by atoms with Gasteiger partial charge in [0.1, 0.15) is 11.0 Å². The third-order valence-corrected chi connectivity index (χ3v) is 4.29. The third-order valence-electron chi connectivity index (χ3n) is 3.56. The molecule has 27 heavy (non-hydrogen) atoms. The Balaban J connectivity index is 2.50. The average Bonchev–Trinajstić information content (AvgIpc) is 2.65. The predicted octanol–water partition coefficient (Wildman–Crippen LogP) is 3.93. The second kappa shape index (κ2) is 9.33. The maximum absolute atomic E-state index is 14.1. The number of nitrogens with two attached hydrogens (primary N) is 1. The van der Waals surface area contributed by atoms with Crippen molar-refractivity contribution in [2.45, 2.75) is 18.2 Å². The van der Waals surface area contributed by atoms with Crippen LogP contribution in [0.15, 0.2) is 58.5 Å². The van der Waals surface area contributed by atoms with Crippen LogP contribution in [0.2, 0.25) is 0 Å². The van der Waals surface area contributed by atoms with Crippen molar-refractivity contribution in [2.75, 3.05) is 12.1 Å². The molecule has 0 bridgehead atoms. The first-order chi connectivity index (χ1) is 12.9.